The summed E-state index contributed by atoms with van der Waals surface area (Å²) in [5.41, 5.74) is 3.43. The molecule has 2 atom stereocenters. The highest BCUT2D eigenvalue weighted by Crippen LogP contribution is 2.25. The van der Waals surface area contributed by atoms with Gasteiger partial charge in [0.15, 0.2) is 0 Å². The van der Waals surface area contributed by atoms with Crippen molar-refractivity contribution in [2.45, 2.75) is 45.6 Å². The van der Waals surface area contributed by atoms with E-state index in [0.29, 0.717) is 18.2 Å². The molecular formula is C25H33N5O3S. The Labute approximate surface area is 202 Å². The third-order valence-corrected chi connectivity index (χ3v) is 5.90. The van der Waals surface area contributed by atoms with E-state index in [0.717, 1.165) is 29.4 Å². The third kappa shape index (κ3) is 7.78. The van der Waals surface area contributed by atoms with Crippen LogP contribution in [0.15, 0.2) is 54.6 Å². The number of benzene rings is 2. The molecule has 1 aromatic heterocycles. The van der Waals surface area contributed by atoms with Gasteiger partial charge >= 0.3 is 0 Å². The van der Waals surface area contributed by atoms with E-state index in [9.17, 15) is 13.5 Å². The van der Waals surface area contributed by atoms with Crippen LogP contribution in [-0.2, 0) is 16.4 Å². The first-order valence-corrected chi connectivity index (χ1v) is 13.3. The van der Waals surface area contributed by atoms with E-state index in [-0.39, 0.29) is 30.5 Å². The average Bonchev–Trinajstić information content (AvgIpc) is 2.77. The number of hydrogen-bond donors (Lipinski definition) is 3. The number of nitrogens with one attached hydrogen (secondary N) is 2. The fourth-order valence-corrected chi connectivity index (χ4v) is 4.17. The second kappa shape index (κ2) is 11.4. The Bertz CT molecular complexity index is 1170. The molecule has 0 bridgehead atoms. The molecule has 9 heteroatoms. The second-order valence-electron chi connectivity index (χ2n) is 9.02. The molecule has 0 saturated heterocycles. The van der Waals surface area contributed by atoms with Crippen LogP contribution in [0.5, 0.6) is 0 Å². The summed E-state index contributed by atoms with van der Waals surface area (Å²) in [6.07, 6.45) is 2.26. The molecule has 2 aromatic carbocycles. The number of aliphatic hydroxyl groups excluding tert-OH is 1. The zero-order valence-electron chi connectivity index (χ0n) is 20.1. The SMILES string of the molecule is CC(C)CC(CO)Nc1nc(CC(C)c2ccc(-c3ccccc3)cc2)nc(NS(C)(=O)=O)n1. The molecule has 0 radical (unpaired) electrons. The molecule has 0 aliphatic carbocycles. The standard InChI is InChI=1S/C25H33N5O3S/c1-17(2)14-22(16-31)26-24-27-23(28-25(29-24)30-34(4,32)33)15-18(3)19-10-12-21(13-11-19)20-8-6-5-7-9-20/h5-13,17-18,22,31H,14-16H2,1-4H3,(H2,26,27,28,29,30). The first kappa shape index (κ1) is 25.6. The number of anilines is 2. The first-order chi connectivity index (χ1) is 16.1. The minimum Gasteiger partial charge on any atom is -0.394 e. The van der Waals surface area contributed by atoms with E-state index in [1.807, 2.05) is 18.2 Å². The van der Waals surface area contributed by atoms with E-state index >= 15 is 0 Å². The van der Waals surface area contributed by atoms with Gasteiger partial charge in [0.2, 0.25) is 21.9 Å². The van der Waals surface area contributed by atoms with Gasteiger partial charge in [0.1, 0.15) is 5.82 Å². The van der Waals surface area contributed by atoms with E-state index in [2.05, 4.69) is 82.2 Å². The van der Waals surface area contributed by atoms with Crippen LogP contribution >= 0.6 is 0 Å². The van der Waals surface area contributed by atoms with Gasteiger partial charge in [0.05, 0.1) is 18.9 Å². The van der Waals surface area contributed by atoms with Crippen LogP contribution in [0, 0.1) is 5.92 Å². The van der Waals surface area contributed by atoms with Crippen LogP contribution in [0.3, 0.4) is 0 Å². The highest BCUT2D eigenvalue weighted by atomic mass is 32.2. The Morgan fingerprint density at radius 3 is 2.09 bits per heavy atom. The van der Waals surface area contributed by atoms with E-state index in [4.69, 9.17) is 0 Å². The van der Waals surface area contributed by atoms with Gasteiger partial charge in [-0.3, -0.25) is 4.72 Å². The predicted octanol–water partition coefficient (Wildman–Crippen LogP) is 4.08. The fourth-order valence-electron chi connectivity index (χ4n) is 3.74. The minimum atomic E-state index is -3.56. The van der Waals surface area contributed by atoms with Crippen molar-refractivity contribution in [3.05, 3.63) is 66.0 Å². The van der Waals surface area contributed by atoms with Crippen LogP contribution < -0.4 is 10.0 Å². The summed E-state index contributed by atoms with van der Waals surface area (Å²) in [6.45, 7) is 6.11. The van der Waals surface area contributed by atoms with Crippen molar-refractivity contribution in [1.82, 2.24) is 15.0 Å². The Morgan fingerprint density at radius 1 is 0.882 bits per heavy atom. The van der Waals surface area contributed by atoms with Crippen molar-refractivity contribution < 1.29 is 13.5 Å². The molecule has 0 aliphatic rings. The van der Waals surface area contributed by atoms with Gasteiger partial charge in [0, 0.05) is 6.42 Å². The topological polar surface area (TPSA) is 117 Å². The van der Waals surface area contributed by atoms with Crippen molar-refractivity contribution in [2.75, 3.05) is 22.9 Å². The highest BCUT2D eigenvalue weighted by Gasteiger charge is 2.17. The molecule has 3 aromatic rings. The van der Waals surface area contributed by atoms with Crippen molar-refractivity contribution in [3.63, 3.8) is 0 Å². The van der Waals surface area contributed by atoms with E-state index in [1.165, 1.54) is 0 Å². The Hall–Kier alpha value is -3.04. The van der Waals surface area contributed by atoms with Gasteiger partial charge in [0.25, 0.3) is 0 Å². The Morgan fingerprint density at radius 2 is 1.50 bits per heavy atom. The second-order valence-corrected chi connectivity index (χ2v) is 10.8. The summed E-state index contributed by atoms with van der Waals surface area (Å²) in [5.74, 6) is 1.11. The normalized spacial score (nSPS) is 13.5. The number of rotatable bonds is 11. The van der Waals surface area contributed by atoms with E-state index < -0.39 is 10.0 Å². The maximum atomic E-state index is 11.8. The predicted molar refractivity (Wildman–Crippen MR) is 136 cm³/mol. The van der Waals surface area contributed by atoms with Crippen molar-refractivity contribution in [1.29, 1.82) is 0 Å². The Balaban J connectivity index is 1.81. The third-order valence-electron chi connectivity index (χ3n) is 5.34. The lowest BCUT2D eigenvalue weighted by Gasteiger charge is -2.19. The molecule has 0 saturated carbocycles. The quantitative estimate of drug-likeness (QED) is 0.376. The van der Waals surface area contributed by atoms with Gasteiger partial charge in [-0.05, 0) is 34.9 Å². The molecule has 1 heterocycles. The van der Waals surface area contributed by atoms with Crippen LogP contribution in [0.4, 0.5) is 11.9 Å². The largest absolute Gasteiger partial charge is 0.394 e. The number of sulfonamides is 1. The van der Waals surface area contributed by atoms with Crippen LogP contribution in [0.1, 0.15) is 44.5 Å². The fraction of sp³-hybridized carbons (Fsp3) is 0.400. The maximum Gasteiger partial charge on any atom is 0.241 e. The lowest BCUT2D eigenvalue weighted by molar-refractivity contribution is 0.259. The summed E-state index contributed by atoms with van der Waals surface area (Å²) in [5, 5.41) is 12.8. The maximum absolute atomic E-state index is 11.8. The summed E-state index contributed by atoms with van der Waals surface area (Å²) >= 11 is 0. The lowest BCUT2D eigenvalue weighted by atomic mass is 9.95. The van der Waals surface area contributed by atoms with E-state index in [1.54, 1.807) is 0 Å². The van der Waals surface area contributed by atoms with Gasteiger partial charge in [-0.2, -0.15) is 15.0 Å². The highest BCUT2D eigenvalue weighted by molar-refractivity contribution is 7.91. The molecule has 3 N–H and O–H groups in total. The molecule has 2 unspecified atom stereocenters. The number of hydrogen-bond acceptors (Lipinski definition) is 7. The molecule has 0 amide bonds. The van der Waals surface area contributed by atoms with Gasteiger partial charge in [-0.1, -0.05) is 75.4 Å². The van der Waals surface area contributed by atoms with Gasteiger partial charge in [-0.15, -0.1) is 0 Å². The molecule has 0 fully saturated rings. The minimum absolute atomic E-state index is 0.0390. The smallest absolute Gasteiger partial charge is 0.241 e. The van der Waals surface area contributed by atoms with Crippen molar-refractivity contribution in [3.8, 4) is 11.1 Å². The van der Waals surface area contributed by atoms with Crippen LogP contribution in [-0.4, -0.2) is 47.4 Å². The lowest BCUT2D eigenvalue weighted by Crippen LogP contribution is -2.27. The number of nitrogens with zero attached hydrogens (tertiary/aromatic N) is 3. The van der Waals surface area contributed by atoms with Crippen molar-refractivity contribution >= 4 is 21.9 Å². The molecule has 182 valence electrons. The Kier molecular flexibility index (Phi) is 8.57. The summed E-state index contributed by atoms with van der Waals surface area (Å²) < 4.78 is 25.9. The summed E-state index contributed by atoms with van der Waals surface area (Å²) in [6, 6.07) is 18.3. The molecule has 34 heavy (non-hydrogen) atoms. The zero-order chi connectivity index (χ0) is 24.7. The van der Waals surface area contributed by atoms with Gasteiger partial charge in [-0.25, -0.2) is 8.42 Å². The number of aliphatic hydroxyl groups is 1. The molecular weight excluding hydrogens is 450 g/mol. The van der Waals surface area contributed by atoms with Crippen molar-refractivity contribution in [2.24, 2.45) is 5.92 Å². The zero-order valence-corrected chi connectivity index (χ0v) is 20.9. The van der Waals surface area contributed by atoms with Gasteiger partial charge < -0.3 is 10.4 Å². The monoisotopic (exact) mass is 483 g/mol. The molecule has 0 aliphatic heterocycles. The summed E-state index contributed by atoms with van der Waals surface area (Å²) in [7, 11) is -3.56. The molecule has 3 rings (SSSR count). The average molecular weight is 484 g/mol. The number of aromatic nitrogens is 3. The molecule has 0 spiro atoms. The summed E-state index contributed by atoms with van der Waals surface area (Å²) in [4.78, 5) is 13.0. The van der Waals surface area contributed by atoms with Crippen LogP contribution in [0.2, 0.25) is 0 Å². The molecule has 8 nitrogen and oxygen atoms in total. The van der Waals surface area contributed by atoms with Crippen LogP contribution in [0.25, 0.3) is 11.1 Å². The first-order valence-electron chi connectivity index (χ1n) is 11.4.